The Morgan fingerprint density at radius 2 is 2.47 bits per heavy atom. The molecule has 1 amide bonds. The first-order valence-electron chi connectivity index (χ1n) is 6.07. The van der Waals surface area contributed by atoms with Crippen LogP contribution in [0.2, 0.25) is 0 Å². The molecule has 17 heavy (non-hydrogen) atoms. The summed E-state index contributed by atoms with van der Waals surface area (Å²) < 4.78 is 1.92. The number of amides is 1. The van der Waals surface area contributed by atoms with Crippen molar-refractivity contribution in [3.8, 4) is 0 Å². The van der Waals surface area contributed by atoms with Gasteiger partial charge in [0, 0.05) is 31.1 Å². The SMILES string of the molecule is CSCCC(=O)N1CCC[C@@H]1Cn1cccn1. The maximum Gasteiger partial charge on any atom is 0.223 e. The zero-order chi connectivity index (χ0) is 12.1. The molecule has 0 aliphatic carbocycles. The van der Waals surface area contributed by atoms with E-state index in [2.05, 4.69) is 5.10 Å². The second kappa shape index (κ2) is 6.10. The summed E-state index contributed by atoms with van der Waals surface area (Å²) in [6.45, 7) is 1.75. The molecule has 1 aromatic rings. The van der Waals surface area contributed by atoms with Crippen LogP contribution in [0.5, 0.6) is 0 Å². The lowest BCUT2D eigenvalue weighted by Gasteiger charge is -2.24. The van der Waals surface area contributed by atoms with Crippen molar-refractivity contribution in [1.82, 2.24) is 14.7 Å². The molecular formula is C12H19N3OS. The number of rotatable bonds is 5. The van der Waals surface area contributed by atoms with Crippen LogP contribution in [0.1, 0.15) is 19.3 Å². The third-order valence-electron chi connectivity index (χ3n) is 3.17. The Bertz CT molecular complexity index is 353. The van der Waals surface area contributed by atoms with Crippen LogP contribution in [0.15, 0.2) is 18.5 Å². The van der Waals surface area contributed by atoms with Gasteiger partial charge in [0.25, 0.3) is 0 Å². The number of nitrogens with zero attached hydrogens (tertiary/aromatic N) is 3. The van der Waals surface area contributed by atoms with E-state index in [-0.39, 0.29) is 0 Å². The summed E-state index contributed by atoms with van der Waals surface area (Å²) in [5, 5.41) is 4.21. The van der Waals surface area contributed by atoms with E-state index < -0.39 is 0 Å². The lowest BCUT2D eigenvalue weighted by molar-refractivity contribution is -0.131. The Morgan fingerprint density at radius 1 is 1.59 bits per heavy atom. The van der Waals surface area contributed by atoms with Crippen molar-refractivity contribution in [1.29, 1.82) is 0 Å². The van der Waals surface area contributed by atoms with Crippen molar-refractivity contribution in [2.24, 2.45) is 0 Å². The van der Waals surface area contributed by atoms with Gasteiger partial charge in [-0.1, -0.05) is 0 Å². The number of aromatic nitrogens is 2. The number of carbonyl (C=O) groups is 1. The molecule has 0 spiro atoms. The van der Waals surface area contributed by atoms with Crippen LogP contribution in [0, 0.1) is 0 Å². The first-order chi connectivity index (χ1) is 8.31. The van der Waals surface area contributed by atoms with Crippen LogP contribution in [-0.4, -0.2) is 45.2 Å². The van der Waals surface area contributed by atoms with Crippen LogP contribution in [0.4, 0.5) is 0 Å². The number of likely N-dealkylation sites (tertiary alicyclic amines) is 1. The molecule has 4 nitrogen and oxygen atoms in total. The van der Waals surface area contributed by atoms with E-state index in [1.165, 1.54) is 0 Å². The van der Waals surface area contributed by atoms with Gasteiger partial charge in [0.2, 0.25) is 5.91 Å². The van der Waals surface area contributed by atoms with Crippen LogP contribution >= 0.6 is 11.8 Å². The molecule has 1 atom stereocenters. The normalized spacial score (nSPS) is 19.8. The first-order valence-corrected chi connectivity index (χ1v) is 7.46. The van der Waals surface area contributed by atoms with E-state index in [4.69, 9.17) is 0 Å². The molecule has 1 saturated heterocycles. The second-order valence-corrected chi connectivity index (χ2v) is 5.34. The van der Waals surface area contributed by atoms with Crippen molar-refractivity contribution in [3.63, 3.8) is 0 Å². The van der Waals surface area contributed by atoms with Crippen molar-refractivity contribution >= 4 is 17.7 Å². The van der Waals surface area contributed by atoms with Crippen molar-refractivity contribution < 1.29 is 4.79 Å². The van der Waals surface area contributed by atoms with Crippen molar-refractivity contribution in [3.05, 3.63) is 18.5 Å². The van der Waals surface area contributed by atoms with E-state index in [0.29, 0.717) is 18.4 Å². The minimum absolute atomic E-state index is 0.300. The molecule has 0 saturated carbocycles. The van der Waals surface area contributed by atoms with Crippen molar-refractivity contribution in [2.75, 3.05) is 18.6 Å². The van der Waals surface area contributed by atoms with E-state index in [1.54, 1.807) is 18.0 Å². The summed E-state index contributed by atoms with van der Waals surface area (Å²) >= 11 is 1.73. The van der Waals surface area contributed by atoms with Crippen LogP contribution < -0.4 is 0 Å². The van der Waals surface area contributed by atoms with Gasteiger partial charge in [0.15, 0.2) is 0 Å². The van der Waals surface area contributed by atoms with E-state index >= 15 is 0 Å². The number of carbonyl (C=O) groups excluding carboxylic acids is 1. The highest BCUT2D eigenvalue weighted by Gasteiger charge is 2.28. The fourth-order valence-electron chi connectivity index (χ4n) is 2.31. The maximum atomic E-state index is 12.0. The summed E-state index contributed by atoms with van der Waals surface area (Å²) in [6, 6.07) is 2.26. The summed E-state index contributed by atoms with van der Waals surface area (Å²) in [4.78, 5) is 14.1. The number of hydrogen-bond acceptors (Lipinski definition) is 3. The maximum absolute atomic E-state index is 12.0. The Morgan fingerprint density at radius 3 is 3.18 bits per heavy atom. The molecule has 1 aliphatic rings. The largest absolute Gasteiger partial charge is 0.338 e. The lowest BCUT2D eigenvalue weighted by Crippen LogP contribution is -2.38. The highest BCUT2D eigenvalue weighted by molar-refractivity contribution is 7.98. The Kier molecular flexibility index (Phi) is 4.48. The standard InChI is InChI=1S/C12H19N3OS/c1-17-9-5-12(16)15-8-2-4-11(15)10-14-7-3-6-13-14/h3,6-7,11H,2,4-5,8-10H2,1H3/t11-/m1/s1. The third kappa shape index (κ3) is 3.25. The fourth-order valence-corrected chi connectivity index (χ4v) is 2.69. The van der Waals surface area contributed by atoms with Gasteiger partial charge < -0.3 is 4.90 Å². The Hall–Kier alpha value is -0.970. The average Bonchev–Trinajstić information content (AvgIpc) is 2.97. The molecule has 0 bridgehead atoms. The van der Waals surface area contributed by atoms with E-state index in [0.717, 1.165) is 31.7 Å². The van der Waals surface area contributed by atoms with Gasteiger partial charge in [-0.05, 0) is 25.2 Å². The van der Waals surface area contributed by atoms with E-state index in [1.807, 2.05) is 28.1 Å². The van der Waals surface area contributed by atoms with Crippen LogP contribution in [0.25, 0.3) is 0 Å². The summed E-state index contributed by atoms with van der Waals surface area (Å²) in [5.74, 6) is 1.22. The predicted molar refractivity (Wildman–Crippen MR) is 70.0 cm³/mol. The molecular weight excluding hydrogens is 234 g/mol. The van der Waals surface area contributed by atoms with Crippen LogP contribution in [-0.2, 0) is 11.3 Å². The molecule has 2 heterocycles. The molecule has 1 aliphatic heterocycles. The van der Waals surface area contributed by atoms with Crippen LogP contribution in [0.3, 0.4) is 0 Å². The molecule has 0 N–H and O–H groups in total. The smallest absolute Gasteiger partial charge is 0.223 e. The molecule has 5 heteroatoms. The van der Waals surface area contributed by atoms with Gasteiger partial charge in [-0.3, -0.25) is 9.48 Å². The molecule has 94 valence electrons. The molecule has 0 radical (unpaired) electrons. The quantitative estimate of drug-likeness (QED) is 0.800. The van der Waals surface area contributed by atoms with Gasteiger partial charge in [-0.15, -0.1) is 0 Å². The summed E-state index contributed by atoms with van der Waals surface area (Å²) in [7, 11) is 0. The fraction of sp³-hybridized carbons (Fsp3) is 0.667. The molecule has 0 aromatic carbocycles. The zero-order valence-corrected chi connectivity index (χ0v) is 11.0. The minimum Gasteiger partial charge on any atom is -0.338 e. The molecule has 1 aromatic heterocycles. The number of hydrogen-bond donors (Lipinski definition) is 0. The van der Waals surface area contributed by atoms with Crippen molar-refractivity contribution in [2.45, 2.75) is 31.8 Å². The first kappa shape index (κ1) is 12.5. The van der Waals surface area contributed by atoms with Gasteiger partial charge in [-0.25, -0.2) is 0 Å². The lowest BCUT2D eigenvalue weighted by atomic mass is 10.2. The Labute approximate surface area is 106 Å². The average molecular weight is 253 g/mol. The highest BCUT2D eigenvalue weighted by atomic mass is 32.2. The minimum atomic E-state index is 0.300. The van der Waals surface area contributed by atoms with Gasteiger partial charge in [0.05, 0.1) is 12.6 Å². The predicted octanol–water partition coefficient (Wildman–Crippen LogP) is 1.63. The van der Waals surface area contributed by atoms with E-state index in [9.17, 15) is 4.79 Å². The topological polar surface area (TPSA) is 38.1 Å². The molecule has 0 unspecified atom stereocenters. The molecule has 1 fully saturated rings. The Balaban J connectivity index is 1.90. The van der Waals surface area contributed by atoms with Gasteiger partial charge in [0.1, 0.15) is 0 Å². The molecule has 2 rings (SSSR count). The summed E-state index contributed by atoms with van der Waals surface area (Å²) in [5.41, 5.74) is 0. The zero-order valence-electron chi connectivity index (χ0n) is 10.2. The summed E-state index contributed by atoms with van der Waals surface area (Å²) in [6.07, 6.45) is 8.68. The van der Waals surface area contributed by atoms with Gasteiger partial charge in [-0.2, -0.15) is 16.9 Å². The van der Waals surface area contributed by atoms with Gasteiger partial charge >= 0.3 is 0 Å². The highest BCUT2D eigenvalue weighted by Crippen LogP contribution is 2.20. The third-order valence-corrected chi connectivity index (χ3v) is 3.79. The second-order valence-electron chi connectivity index (χ2n) is 4.35. The monoisotopic (exact) mass is 253 g/mol. The number of thioether (sulfide) groups is 1.